The maximum atomic E-state index is 14.6. The monoisotopic (exact) mass is 393 g/mol. The second-order valence-corrected chi connectivity index (χ2v) is 7.24. The number of H-pyrrole nitrogens is 1. The third-order valence-corrected chi connectivity index (χ3v) is 5.13. The molecule has 1 aromatic carbocycles. The molecular formula is C20H20FN7O. The summed E-state index contributed by atoms with van der Waals surface area (Å²) in [6, 6.07) is 5.17. The Morgan fingerprint density at radius 1 is 1.24 bits per heavy atom. The summed E-state index contributed by atoms with van der Waals surface area (Å²) in [5.74, 6) is 0.502. The zero-order valence-electron chi connectivity index (χ0n) is 16.1. The Balaban J connectivity index is 1.58. The predicted octanol–water partition coefficient (Wildman–Crippen LogP) is 2.78. The molecule has 0 spiro atoms. The molecule has 1 aliphatic rings. The van der Waals surface area contributed by atoms with Crippen molar-refractivity contribution < 1.29 is 9.13 Å². The number of aryl methyl sites for hydroxylation is 1. The van der Waals surface area contributed by atoms with Crippen molar-refractivity contribution >= 4 is 16.7 Å². The number of morpholine rings is 1. The summed E-state index contributed by atoms with van der Waals surface area (Å²) in [5, 5.41) is 12.3. The highest BCUT2D eigenvalue weighted by molar-refractivity contribution is 5.95. The number of nitrogens with zero attached hydrogens (tertiary/aromatic N) is 6. The minimum Gasteiger partial charge on any atom is -0.375 e. The van der Waals surface area contributed by atoms with Crippen LogP contribution in [0.4, 0.5) is 10.2 Å². The fraction of sp³-hybridized carbons (Fsp3) is 0.300. The van der Waals surface area contributed by atoms with Crippen LogP contribution in [0, 0.1) is 5.82 Å². The molecule has 1 atom stereocenters. The van der Waals surface area contributed by atoms with Crippen LogP contribution in [-0.4, -0.2) is 55.7 Å². The molecule has 9 heteroatoms. The van der Waals surface area contributed by atoms with Gasteiger partial charge in [-0.15, -0.1) is 0 Å². The van der Waals surface area contributed by atoms with E-state index in [1.54, 1.807) is 30.2 Å². The number of benzene rings is 1. The number of hydrogen-bond donors (Lipinski definition) is 1. The zero-order valence-corrected chi connectivity index (χ0v) is 16.1. The molecule has 0 radical (unpaired) electrons. The van der Waals surface area contributed by atoms with Crippen molar-refractivity contribution in [2.24, 2.45) is 7.05 Å². The Bertz CT molecular complexity index is 1180. The summed E-state index contributed by atoms with van der Waals surface area (Å²) >= 11 is 0. The summed E-state index contributed by atoms with van der Waals surface area (Å²) in [6.07, 6.45) is 5.12. The largest absolute Gasteiger partial charge is 0.375 e. The van der Waals surface area contributed by atoms with Gasteiger partial charge in [-0.05, 0) is 13.0 Å². The molecule has 3 aromatic heterocycles. The third kappa shape index (κ3) is 3.23. The second kappa shape index (κ2) is 6.93. The maximum Gasteiger partial charge on any atom is 0.133 e. The molecule has 1 aliphatic heterocycles. The third-order valence-electron chi connectivity index (χ3n) is 5.13. The number of anilines is 1. The van der Waals surface area contributed by atoms with Crippen LogP contribution in [0.1, 0.15) is 6.92 Å². The SMILES string of the molecule is C[C@@H]1CN(c2cc(-c3n[nH]c4cc(F)c(-c5cnn(C)c5)cc34)ncn2)CCO1. The normalized spacial score (nSPS) is 17.2. The van der Waals surface area contributed by atoms with Gasteiger partial charge in [0.25, 0.3) is 0 Å². The van der Waals surface area contributed by atoms with Gasteiger partial charge in [-0.3, -0.25) is 9.78 Å². The summed E-state index contributed by atoms with van der Waals surface area (Å²) in [6.45, 7) is 4.26. The van der Waals surface area contributed by atoms with Gasteiger partial charge in [0.05, 0.1) is 30.1 Å². The van der Waals surface area contributed by atoms with Crippen LogP contribution in [0.5, 0.6) is 0 Å². The molecule has 4 heterocycles. The van der Waals surface area contributed by atoms with Crippen molar-refractivity contribution in [3.05, 3.63) is 42.7 Å². The van der Waals surface area contributed by atoms with Crippen LogP contribution in [0.3, 0.4) is 0 Å². The highest BCUT2D eigenvalue weighted by atomic mass is 19.1. The molecular weight excluding hydrogens is 373 g/mol. The number of ether oxygens (including phenoxy) is 1. The van der Waals surface area contributed by atoms with Gasteiger partial charge in [0.1, 0.15) is 23.7 Å². The highest BCUT2D eigenvalue weighted by Crippen LogP contribution is 2.32. The van der Waals surface area contributed by atoms with Gasteiger partial charge in [0.15, 0.2) is 0 Å². The number of halogens is 1. The molecule has 1 saturated heterocycles. The van der Waals surface area contributed by atoms with E-state index in [4.69, 9.17) is 4.74 Å². The summed E-state index contributed by atoms with van der Waals surface area (Å²) in [4.78, 5) is 11.0. The van der Waals surface area contributed by atoms with E-state index in [0.717, 1.165) is 24.3 Å². The van der Waals surface area contributed by atoms with Crippen molar-refractivity contribution in [1.82, 2.24) is 29.9 Å². The van der Waals surface area contributed by atoms with E-state index in [-0.39, 0.29) is 11.9 Å². The van der Waals surface area contributed by atoms with Crippen LogP contribution in [0.25, 0.3) is 33.4 Å². The molecule has 1 fully saturated rings. The van der Waals surface area contributed by atoms with Crippen LogP contribution >= 0.6 is 0 Å². The quantitative estimate of drug-likeness (QED) is 0.576. The number of hydrogen-bond acceptors (Lipinski definition) is 6. The van der Waals surface area contributed by atoms with Crippen molar-refractivity contribution in [2.75, 3.05) is 24.6 Å². The Morgan fingerprint density at radius 2 is 2.14 bits per heavy atom. The first-order valence-corrected chi connectivity index (χ1v) is 9.44. The second-order valence-electron chi connectivity index (χ2n) is 7.24. The van der Waals surface area contributed by atoms with Gasteiger partial charge in [-0.25, -0.2) is 14.4 Å². The topological polar surface area (TPSA) is 84.8 Å². The molecule has 0 aliphatic carbocycles. The summed E-state index contributed by atoms with van der Waals surface area (Å²) in [7, 11) is 1.80. The van der Waals surface area contributed by atoms with Crippen LogP contribution < -0.4 is 4.90 Å². The Hall–Kier alpha value is -3.33. The van der Waals surface area contributed by atoms with Crippen LogP contribution in [0.15, 0.2) is 36.9 Å². The Kier molecular flexibility index (Phi) is 4.24. The van der Waals surface area contributed by atoms with E-state index in [1.807, 2.05) is 13.0 Å². The zero-order chi connectivity index (χ0) is 20.0. The molecule has 148 valence electrons. The van der Waals surface area contributed by atoms with Gasteiger partial charge < -0.3 is 9.64 Å². The lowest BCUT2D eigenvalue weighted by Crippen LogP contribution is -2.41. The molecule has 0 unspecified atom stereocenters. The molecule has 8 nitrogen and oxygen atoms in total. The lowest BCUT2D eigenvalue weighted by Gasteiger charge is -2.31. The average Bonchev–Trinajstić information content (AvgIpc) is 3.33. The van der Waals surface area contributed by atoms with Gasteiger partial charge in [-0.1, -0.05) is 0 Å². The minimum atomic E-state index is -0.327. The fourth-order valence-electron chi connectivity index (χ4n) is 3.69. The maximum absolute atomic E-state index is 14.6. The number of fused-ring (bicyclic) bond motifs is 1. The standard InChI is InChI=1S/C20H20FN7O/c1-12-9-28(3-4-29-12)19-7-18(22-11-23-19)20-15-5-14(13-8-24-27(2)10-13)16(21)6-17(15)25-26-20/h5-8,10-12H,3-4,9H2,1-2H3,(H,25,26)/t12-/m1/s1. The number of aromatic nitrogens is 6. The number of aromatic amines is 1. The molecule has 29 heavy (non-hydrogen) atoms. The molecule has 4 aromatic rings. The van der Waals surface area contributed by atoms with Gasteiger partial charge in [0, 0.05) is 55.0 Å². The first-order valence-electron chi connectivity index (χ1n) is 9.44. The van der Waals surface area contributed by atoms with Crippen molar-refractivity contribution in [1.29, 1.82) is 0 Å². The van der Waals surface area contributed by atoms with Crippen LogP contribution in [-0.2, 0) is 11.8 Å². The van der Waals surface area contributed by atoms with Gasteiger partial charge >= 0.3 is 0 Å². The van der Waals surface area contributed by atoms with Gasteiger partial charge in [-0.2, -0.15) is 10.2 Å². The summed E-state index contributed by atoms with van der Waals surface area (Å²) in [5.41, 5.74) is 3.15. The predicted molar refractivity (Wildman–Crippen MR) is 107 cm³/mol. The summed E-state index contributed by atoms with van der Waals surface area (Å²) < 4.78 is 21.9. The van der Waals surface area contributed by atoms with E-state index < -0.39 is 0 Å². The van der Waals surface area contributed by atoms with Gasteiger partial charge in [0.2, 0.25) is 0 Å². The van der Waals surface area contributed by atoms with E-state index in [9.17, 15) is 4.39 Å². The smallest absolute Gasteiger partial charge is 0.133 e. The molecule has 0 saturated carbocycles. The molecule has 1 N–H and O–H groups in total. The Morgan fingerprint density at radius 3 is 2.93 bits per heavy atom. The fourth-order valence-corrected chi connectivity index (χ4v) is 3.69. The highest BCUT2D eigenvalue weighted by Gasteiger charge is 2.20. The van der Waals surface area contributed by atoms with Crippen molar-refractivity contribution in [3.8, 4) is 22.5 Å². The first kappa shape index (κ1) is 17.7. The lowest BCUT2D eigenvalue weighted by atomic mass is 10.0. The van der Waals surface area contributed by atoms with E-state index >= 15 is 0 Å². The molecule has 0 amide bonds. The number of rotatable bonds is 3. The molecule has 0 bridgehead atoms. The van der Waals surface area contributed by atoms with E-state index in [2.05, 4.69) is 30.2 Å². The van der Waals surface area contributed by atoms with E-state index in [0.29, 0.717) is 34.6 Å². The minimum absolute atomic E-state index is 0.151. The Labute approximate surface area is 166 Å². The first-order chi connectivity index (χ1) is 14.1. The molecule has 5 rings (SSSR count). The van der Waals surface area contributed by atoms with Crippen molar-refractivity contribution in [3.63, 3.8) is 0 Å². The van der Waals surface area contributed by atoms with Crippen LogP contribution in [0.2, 0.25) is 0 Å². The number of nitrogens with one attached hydrogen (secondary N) is 1. The van der Waals surface area contributed by atoms with E-state index in [1.165, 1.54) is 12.4 Å². The lowest BCUT2D eigenvalue weighted by molar-refractivity contribution is 0.0529. The average molecular weight is 393 g/mol. The van der Waals surface area contributed by atoms with Crippen molar-refractivity contribution in [2.45, 2.75) is 13.0 Å².